The van der Waals surface area contributed by atoms with Crippen molar-refractivity contribution in [3.05, 3.63) is 473 Å². The van der Waals surface area contributed by atoms with Gasteiger partial charge in [0.2, 0.25) is 0 Å². The summed E-state index contributed by atoms with van der Waals surface area (Å²) in [5.74, 6) is 0. The zero-order valence-electron chi connectivity index (χ0n) is 66.2. The molecule has 121 heavy (non-hydrogen) atoms. The minimum atomic E-state index is -2.83. The van der Waals surface area contributed by atoms with Crippen molar-refractivity contribution in [2.75, 3.05) is 0 Å². The molecule has 0 saturated carbocycles. The van der Waals surface area contributed by atoms with E-state index in [2.05, 4.69) is 467 Å². The highest BCUT2D eigenvalue weighted by Gasteiger charge is 2.42. The fourth-order valence-electron chi connectivity index (χ4n) is 19.0. The Kier molecular flexibility index (Phi) is 17.9. The third-order valence-electron chi connectivity index (χ3n) is 24.6. The quantitative estimate of drug-likeness (QED) is 0.0790. The minimum Gasteiger partial charge on any atom is -0.309 e. The molecule has 0 radical (unpaired) electrons. The Hall–Kier alpha value is -15.9. The number of nitrogens with zero attached hydrogens (tertiary/aromatic N) is 5. The van der Waals surface area contributed by atoms with Crippen LogP contribution in [0.25, 0.3) is 177 Å². The largest absolute Gasteiger partial charge is 0.309 e. The Balaban J connectivity index is 0.000000151. The standard InChI is InChI=1S/C66H46N2Si.C49H31N3/c1-6-19-47(20-7-1)49-21-18-22-50(43-49)48-33-37-54(38-34-48)68-65-42-36-52(51-35-41-64-61(44-51)59-31-16-17-32-63(59)67(64)53-23-8-2-9-24-53)45-62(65)60-40-39-58(46-66(60)68)69(55-25-10-3-11-26-55,56-27-12-4-13-28-56)57-29-14-5-15-30-57;50-32-33-17-19-34(20-18-33)36-9-8-10-37(29-36)35-21-25-41(26-22-35)52-47-16-7-5-14-43(47)45-31-39(24-28-49(45)52)38-23-27-48-44(30-38)42-13-4-6-15-46(42)51(48)40-11-2-1-3-12-40/h1-46H;1-31H. The fourth-order valence-corrected chi connectivity index (χ4v) is 23.7. The summed E-state index contributed by atoms with van der Waals surface area (Å²) in [4.78, 5) is 0. The number of rotatable bonds is 14. The Labute approximate surface area is 703 Å². The Morgan fingerprint density at radius 3 is 0.752 bits per heavy atom. The first kappa shape index (κ1) is 71.6. The number of nitriles is 1. The van der Waals surface area contributed by atoms with Crippen LogP contribution in [0.4, 0.5) is 0 Å². The molecule has 0 saturated heterocycles. The second-order valence-electron chi connectivity index (χ2n) is 31.4. The molecule has 0 atom stereocenters. The van der Waals surface area contributed by atoms with Gasteiger partial charge in [0.25, 0.3) is 0 Å². The maximum Gasteiger partial charge on any atom is 0.179 e. The van der Waals surface area contributed by atoms with Crippen LogP contribution < -0.4 is 20.7 Å². The lowest BCUT2D eigenvalue weighted by Crippen LogP contribution is -2.74. The summed E-state index contributed by atoms with van der Waals surface area (Å²) < 4.78 is 9.63. The number of fused-ring (bicyclic) bond motifs is 12. The van der Waals surface area contributed by atoms with Gasteiger partial charge in [0.1, 0.15) is 0 Å². The average Bonchev–Trinajstić information content (AvgIpc) is 1.66. The predicted octanol–water partition coefficient (Wildman–Crippen LogP) is 27.0. The molecular formula is C115H77N5Si. The van der Waals surface area contributed by atoms with Crippen LogP contribution in [-0.4, -0.2) is 26.3 Å². The van der Waals surface area contributed by atoms with Gasteiger partial charge in [0, 0.05) is 65.8 Å². The van der Waals surface area contributed by atoms with Crippen molar-refractivity contribution in [3.63, 3.8) is 0 Å². The average molecular weight is 1560 g/mol. The molecule has 5 nitrogen and oxygen atoms in total. The molecule has 566 valence electrons. The van der Waals surface area contributed by atoms with Gasteiger partial charge in [-0.25, -0.2) is 0 Å². The van der Waals surface area contributed by atoms with E-state index in [-0.39, 0.29) is 0 Å². The van der Waals surface area contributed by atoms with E-state index in [4.69, 9.17) is 0 Å². The molecule has 0 aliphatic rings. The van der Waals surface area contributed by atoms with Crippen LogP contribution in [-0.2, 0) is 0 Å². The summed E-state index contributed by atoms with van der Waals surface area (Å²) in [6.07, 6.45) is 0. The zero-order chi connectivity index (χ0) is 80.3. The van der Waals surface area contributed by atoms with Crippen molar-refractivity contribution in [1.82, 2.24) is 18.3 Å². The van der Waals surface area contributed by atoms with Crippen LogP contribution in [0.15, 0.2) is 467 Å². The third-order valence-corrected chi connectivity index (χ3v) is 29.4. The molecule has 19 aromatic carbocycles. The molecule has 23 rings (SSSR count). The first-order valence-corrected chi connectivity index (χ1v) is 43.4. The lowest BCUT2D eigenvalue weighted by molar-refractivity contribution is 1.18. The van der Waals surface area contributed by atoms with E-state index < -0.39 is 8.07 Å². The van der Waals surface area contributed by atoms with Gasteiger partial charge in [-0.15, -0.1) is 0 Å². The maximum absolute atomic E-state index is 9.20. The van der Waals surface area contributed by atoms with Gasteiger partial charge in [0.05, 0.1) is 55.8 Å². The third kappa shape index (κ3) is 12.5. The number of para-hydroxylation sites is 5. The van der Waals surface area contributed by atoms with E-state index in [0.717, 1.165) is 39.3 Å². The molecule has 6 heteroatoms. The molecule has 0 fully saturated rings. The molecule has 23 aromatic rings. The van der Waals surface area contributed by atoms with Gasteiger partial charge in [-0.2, -0.15) is 5.26 Å². The highest BCUT2D eigenvalue weighted by Crippen LogP contribution is 2.43. The topological polar surface area (TPSA) is 43.5 Å². The summed E-state index contributed by atoms with van der Waals surface area (Å²) in [7, 11) is -2.83. The molecular weight excluding hydrogens is 1480 g/mol. The lowest BCUT2D eigenvalue weighted by Gasteiger charge is -2.34. The number of hydrogen-bond donors (Lipinski definition) is 0. The van der Waals surface area contributed by atoms with Crippen molar-refractivity contribution in [3.8, 4) is 95.6 Å². The van der Waals surface area contributed by atoms with Crippen LogP contribution in [0.1, 0.15) is 5.56 Å². The maximum atomic E-state index is 9.20. The summed E-state index contributed by atoms with van der Waals surface area (Å²) >= 11 is 0. The summed E-state index contributed by atoms with van der Waals surface area (Å²) in [6, 6.07) is 173. The highest BCUT2D eigenvalue weighted by atomic mass is 28.3. The fraction of sp³-hybridized carbons (Fsp3) is 0. The number of aromatic nitrogens is 4. The monoisotopic (exact) mass is 1560 g/mol. The molecule has 0 spiro atoms. The van der Waals surface area contributed by atoms with Crippen molar-refractivity contribution in [1.29, 1.82) is 5.26 Å². The first-order chi connectivity index (χ1) is 59.9. The van der Waals surface area contributed by atoms with E-state index in [9.17, 15) is 5.26 Å². The number of benzene rings is 19. The van der Waals surface area contributed by atoms with Gasteiger partial charge in [-0.1, -0.05) is 322 Å². The second kappa shape index (κ2) is 30.3. The van der Waals surface area contributed by atoms with E-state index in [1.54, 1.807) is 0 Å². The highest BCUT2D eigenvalue weighted by molar-refractivity contribution is 7.20. The van der Waals surface area contributed by atoms with Crippen LogP contribution in [0, 0.1) is 11.3 Å². The van der Waals surface area contributed by atoms with E-state index in [1.807, 2.05) is 24.3 Å². The van der Waals surface area contributed by atoms with E-state index >= 15 is 0 Å². The Morgan fingerprint density at radius 1 is 0.157 bits per heavy atom. The van der Waals surface area contributed by atoms with E-state index in [0.29, 0.717) is 5.56 Å². The lowest BCUT2D eigenvalue weighted by atomic mass is 9.98. The van der Waals surface area contributed by atoms with Gasteiger partial charge in [-0.3, -0.25) is 0 Å². The minimum absolute atomic E-state index is 0.668. The van der Waals surface area contributed by atoms with Gasteiger partial charge >= 0.3 is 0 Å². The van der Waals surface area contributed by atoms with Crippen LogP contribution in [0.5, 0.6) is 0 Å². The molecule has 0 unspecified atom stereocenters. The van der Waals surface area contributed by atoms with Gasteiger partial charge in [0.15, 0.2) is 8.07 Å². The molecule has 4 heterocycles. The Bertz CT molecular complexity index is 7800. The number of hydrogen-bond acceptors (Lipinski definition) is 1. The smallest absolute Gasteiger partial charge is 0.179 e. The van der Waals surface area contributed by atoms with Crippen molar-refractivity contribution >= 4 is 116 Å². The van der Waals surface area contributed by atoms with Crippen LogP contribution in [0.3, 0.4) is 0 Å². The summed E-state index contributed by atoms with van der Waals surface area (Å²) in [5.41, 5.74) is 29.0. The van der Waals surface area contributed by atoms with Gasteiger partial charge < -0.3 is 18.3 Å². The van der Waals surface area contributed by atoms with Crippen molar-refractivity contribution < 1.29 is 0 Å². The Morgan fingerprint density at radius 2 is 0.405 bits per heavy atom. The van der Waals surface area contributed by atoms with Crippen molar-refractivity contribution in [2.24, 2.45) is 0 Å². The first-order valence-electron chi connectivity index (χ1n) is 41.4. The summed E-state index contributed by atoms with van der Waals surface area (Å²) in [6.45, 7) is 0. The van der Waals surface area contributed by atoms with Crippen LogP contribution >= 0.6 is 0 Å². The zero-order valence-corrected chi connectivity index (χ0v) is 67.2. The van der Waals surface area contributed by atoms with Crippen molar-refractivity contribution in [2.45, 2.75) is 0 Å². The molecule has 0 amide bonds. The van der Waals surface area contributed by atoms with Crippen LogP contribution in [0.2, 0.25) is 0 Å². The predicted molar refractivity (Wildman–Crippen MR) is 511 cm³/mol. The van der Waals surface area contributed by atoms with E-state index in [1.165, 1.54) is 158 Å². The second-order valence-corrected chi connectivity index (χ2v) is 35.2. The molecule has 0 aliphatic heterocycles. The summed E-state index contributed by atoms with van der Waals surface area (Å²) in [5, 5.41) is 24.6. The normalized spacial score (nSPS) is 11.6. The van der Waals surface area contributed by atoms with Gasteiger partial charge in [-0.05, 0) is 233 Å². The molecule has 0 bridgehead atoms. The molecule has 0 aliphatic carbocycles. The molecule has 0 N–H and O–H groups in total. The molecule has 4 aromatic heterocycles. The SMILES string of the molecule is N#Cc1ccc(-c2cccc(-c3ccc(-n4c5ccccc5c5cc(-c6ccc7c(c6)c6ccccc6n7-c6ccccc6)ccc54)cc3)c2)cc1.c1ccc(-c2cccc(-c3ccc(-n4c5ccc(-c6ccc7c(c6)c6ccccc6n7-c6ccccc6)cc5c5ccc([Si](c6ccccc6)(c6ccccc6)c6ccccc6)cc54)cc3)c2)cc1.